The van der Waals surface area contributed by atoms with E-state index in [9.17, 15) is 4.39 Å². The standard InChI is InChI=1S/C37H61FO6SSi4/c1-26-15-18-29(23-28(26)24-31-21-22-33(45-31)27-16-19-30(38)20-17-27)37(39-2)36(44-49(12,13)14)35(43-48(9,10)11)34(42-47(6,7)8)32(41-37)25-40-46(3,4)5/h15-17,19-23,29,32,34-36H,18,24-25H2,1-14H3/t29?,32-,34?,35?,36?,37+/m1/s1. The van der Waals surface area contributed by atoms with Crippen LogP contribution in [0.5, 0.6) is 0 Å². The van der Waals surface area contributed by atoms with Gasteiger partial charge in [0.15, 0.2) is 33.3 Å². The van der Waals surface area contributed by atoms with Crippen LogP contribution in [0.4, 0.5) is 4.39 Å². The van der Waals surface area contributed by atoms with Gasteiger partial charge in [0, 0.05) is 29.2 Å². The van der Waals surface area contributed by atoms with E-state index in [1.165, 1.54) is 28.2 Å². The summed E-state index contributed by atoms with van der Waals surface area (Å²) < 4.78 is 55.6. The van der Waals surface area contributed by atoms with Gasteiger partial charge in [0.05, 0.1) is 6.61 Å². The average Bonchev–Trinajstić information content (AvgIpc) is 3.42. The summed E-state index contributed by atoms with van der Waals surface area (Å²) in [6.07, 6.45) is 4.54. The van der Waals surface area contributed by atoms with E-state index in [1.807, 2.05) is 12.1 Å². The third-order valence-electron chi connectivity index (χ3n) is 8.44. The van der Waals surface area contributed by atoms with Crippen LogP contribution in [0.15, 0.2) is 59.7 Å². The highest BCUT2D eigenvalue weighted by molar-refractivity contribution is 7.15. The van der Waals surface area contributed by atoms with E-state index in [1.54, 1.807) is 18.4 Å². The zero-order valence-corrected chi connectivity index (χ0v) is 37.2. The molecule has 1 fully saturated rings. The largest absolute Gasteiger partial charge is 0.415 e. The monoisotopic (exact) mass is 764 g/mol. The normalized spacial score (nSPS) is 27.2. The second-order valence-corrected chi connectivity index (χ2v) is 36.5. The summed E-state index contributed by atoms with van der Waals surface area (Å²) in [4.78, 5) is 2.37. The third-order valence-corrected chi connectivity index (χ3v) is 13.5. The Hall–Kier alpha value is -1.04. The number of rotatable bonds is 14. The molecule has 0 saturated carbocycles. The van der Waals surface area contributed by atoms with Crippen molar-refractivity contribution in [1.29, 1.82) is 0 Å². The summed E-state index contributed by atoms with van der Waals surface area (Å²) in [5.41, 5.74) is 3.52. The summed E-state index contributed by atoms with van der Waals surface area (Å²) in [7, 11) is -6.49. The van der Waals surface area contributed by atoms with Crippen LogP contribution >= 0.6 is 11.3 Å². The predicted octanol–water partition coefficient (Wildman–Crippen LogP) is 10.2. The molecule has 0 radical (unpaired) electrons. The summed E-state index contributed by atoms with van der Waals surface area (Å²) in [5.74, 6) is -1.49. The Bertz CT molecular complexity index is 1470. The quantitative estimate of drug-likeness (QED) is 0.179. The lowest BCUT2D eigenvalue weighted by Gasteiger charge is -2.57. The van der Waals surface area contributed by atoms with Crippen molar-refractivity contribution in [3.63, 3.8) is 0 Å². The van der Waals surface area contributed by atoms with Crippen LogP contribution in [-0.2, 0) is 33.6 Å². The third kappa shape index (κ3) is 11.2. The molecule has 0 spiro atoms. The Morgan fingerprint density at radius 3 is 1.94 bits per heavy atom. The Labute approximate surface area is 303 Å². The minimum Gasteiger partial charge on any atom is -0.415 e. The van der Waals surface area contributed by atoms with Crippen molar-refractivity contribution in [3.8, 4) is 10.4 Å². The summed E-state index contributed by atoms with van der Waals surface area (Å²) in [5, 5.41) is 0. The lowest BCUT2D eigenvalue weighted by Crippen LogP contribution is -2.73. The topological polar surface area (TPSA) is 55.4 Å². The Kier molecular flexibility index (Phi) is 12.9. The number of ether oxygens (including phenoxy) is 2. The molecule has 0 amide bonds. The molecule has 2 heterocycles. The molecule has 1 aromatic heterocycles. The van der Waals surface area contributed by atoms with Gasteiger partial charge in [-0.2, -0.15) is 0 Å². The zero-order valence-electron chi connectivity index (χ0n) is 32.4. The smallest absolute Gasteiger partial charge is 0.203 e. The van der Waals surface area contributed by atoms with Crippen LogP contribution < -0.4 is 0 Å². The second kappa shape index (κ2) is 15.5. The van der Waals surface area contributed by atoms with E-state index in [0.29, 0.717) is 6.61 Å². The van der Waals surface area contributed by atoms with Crippen molar-refractivity contribution < 1.29 is 31.6 Å². The SMILES string of the molecule is CO[C@@]1(C2C=C(Cc3ccc(-c4ccc(F)cc4)s3)C(C)=CC2)O[C@H](CO[Si](C)(C)C)C(O[Si](C)(C)C)C(O[Si](C)(C)C)C1O[Si](C)(C)C. The first-order chi connectivity index (χ1) is 22.5. The molecule has 1 aromatic carbocycles. The lowest BCUT2D eigenvalue weighted by molar-refractivity contribution is -0.362. The van der Waals surface area contributed by atoms with Crippen molar-refractivity contribution in [2.24, 2.45) is 5.92 Å². The fraction of sp³-hybridized carbons (Fsp3) is 0.622. The van der Waals surface area contributed by atoms with Gasteiger partial charge in [-0.05, 0) is 127 Å². The number of halogens is 1. The fourth-order valence-electron chi connectivity index (χ4n) is 6.46. The minimum atomic E-state index is -2.16. The van der Waals surface area contributed by atoms with E-state index in [2.05, 4.69) is 110 Å². The van der Waals surface area contributed by atoms with Gasteiger partial charge in [-0.15, -0.1) is 11.3 Å². The van der Waals surface area contributed by atoms with Crippen LogP contribution in [0.25, 0.3) is 10.4 Å². The first kappa shape index (κ1) is 40.7. The molecule has 49 heavy (non-hydrogen) atoms. The molecule has 274 valence electrons. The highest BCUT2D eigenvalue weighted by atomic mass is 32.1. The second-order valence-electron chi connectivity index (χ2n) is 17.4. The highest BCUT2D eigenvalue weighted by Gasteiger charge is 2.62. The van der Waals surface area contributed by atoms with Crippen molar-refractivity contribution in [2.75, 3.05) is 13.7 Å². The number of allylic oxidation sites excluding steroid dienone is 3. The highest BCUT2D eigenvalue weighted by Crippen LogP contribution is 2.47. The summed E-state index contributed by atoms with van der Waals surface area (Å²) in [6.45, 7) is 29.2. The maximum absolute atomic E-state index is 13.6. The number of hydrogen-bond donors (Lipinski definition) is 0. The van der Waals surface area contributed by atoms with Crippen molar-refractivity contribution in [3.05, 3.63) is 70.4 Å². The maximum Gasteiger partial charge on any atom is 0.203 e. The molecule has 2 aromatic rings. The van der Waals surface area contributed by atoms with Crippen LogP contribution in [-0.4, -0.2) is 77.2 Å². The minimum absolute atomic E-state index is 0.135. The molecular weight excluding hydrogens is 704 g/mol. The molecule has 4 unspecified atom stereocenters. The van der Waals surface area contributed by atoms with E-state index in [4.69, 9.17) is 27.2 Å². The van der Waals surface area contributed by atoms with Gasteiger partial charge < -0.3 is 27.2 Å². The Morgan fingerprint density at radius 1 is 0.796 bits per heavy atom. The fourth-order valence-corrected chi connectivity index (χ4v) is 11.4. The van der Waals surface area contributed by atoms with Crippen LogP contribution in [0.1, 0.15) is 18.2 Å². The van der Waals surface area contributed by atoms with Crippen molar-refractivity contribution in [2.45, 2.75) is 129 Å². The molecule has 0 bridgehead atoms. The first-order valence-corrected chi connectivity index (χ1v) is 32.1. The lowest BCUT2D eigenvalue weighted by atomic mass is 9.78. The molecule has 6 nitrogen and oxygen atoms in total. The summed E-state index contributed by atoms with van der Waals surface area (Å²) >= 11 is 1.75. The van der Waals surface area contributed by atoms with Crippen molar-refractivity contribution >= 4 is 44.6 Å². The van der Waals surface area contributed by atoms with Crippen LogP contribution in [0.3, 0.4) is 0 Å². The molecule has 6 atom stereocenters. The molecule has 1 aliphatic heterocycles. The molecule has 2 aliphatic rings. The molecule has 12 heteroatoms. The van der Waals surface area contributed by atoms with Gasteiger partial charge in [0.2, 0.25) is 5.79 Å². The molecule has 1 saturated heterocycles. The van der Waals surface area contributed by atoms with Gasteiger partial charge >= 0.3 is 0 Å². The maximum atomic E-state index is 13.6. The Morgan fingerprint density at radius 2 is 1.39 bits per heavy atom. The molecule has 4 rings (SSSR count). The van der Waals surface area contributed by atoms with Crippen molar-refractivity contribution in [1.82, 2.24) is 0 Å². The van der Waals surface area contributed by atoms with E-state index < -0.39 is 57.4 Å². The van der Waals surface area contributed by atoms with Gasteiger partial charge in [-0.1, -0.05) is 29.9 Å². The van der Waals surface area contributed by atoms with Crippen LogP contribution in [0, 0.1) is 11.7 Å². The number of hydrogen-bond acceptors (Lipinski definition) is 7. The molecule has 1 aliphatic carbocycles. The predicted molar refractivity (Wildman–Crippen MR) is 212 cm³/mol. The number of methoxy groups -OCH3 is 1. The van der Waals surface area contributed by atoms with Gasteiger partial charge in [0.1, 0.15) is 30.2 Å². The van der Waals surface area contributed by atoms with Gasteiger partial charge in [0.25, 0.3) is 0 Å². The number of benzene rings is 1. The molecule has 0 N–H and O–H groups in total. The Balaban J connectivity index is 1.81. The van der Waals surface area contributed by atoms with E-state index >= 15 is 0 Å². The van der Waals surface area contributed by atoms with Gasteiger partial charge in [-0.25, -0.2) is 4.39 Å². The van der Waals surface area contributed by atoms with Gasteiger partial charge in [-0.3, -0.25) is 0 Å². The van der Waals surface area contributed by atoms with E-state index in [0.717, 1.165) is 23.3 Å². The van der Waals surface area contributed by atoms with Crippen LogP contribution in [0.2, 0.25) is 78.6 Å². The average molecular weight is 765 g/mol. The zero-order chi connectivity index (χ0) is 36.6. The van der Waals surface area contributed by atoms with E-state index in [-0.39, 0.29) is 17.8 Å². The first-order valence-electron chi connectivity index (χ1n) is 17.6. The molecular formula is C37H61FO6SSi4. The number of thiophene rings is 1. The summed E-state index contributed by atoms with van der Waals surface area (Å²) in [6, 6.07) is 11.0.